The van der Waals surface area contributed by atoms with Crippen LogP contribution < -0.4 is 5.73 Å². The Balaban J connectivity index is 0. The van der Waals surface area contributed by atoms with Gasteiger partial charge in [-0.25, -0.2) is 0 Å². The molecule has 0 aliphatic carbocycles. The molecule has 1 atom stereocenters. The third-order valence-corrected chi connectivity index (χ3v) is 0.907. The van der Waals surface area contributed by atoms with Crippen LogP contribution in [0.25, 0.3) is 0 Å². The molecule has 2 radical (unpaired) electrons. The standard InChI is InChI=1S/C3H7NO2S.Se/c4-2(1-7)3(5)6;/h2,7H,1,4H2,(H,5,6);/t2-;/m0./s1. The number of hydrogen-bond acceptors (Lipinski definition) is 3. The van der Waals surface area contributed by atoms with Gasteiger partial charge in [0.2, 0.25) is 0 Å². The minimum absolute atomic E-state index is 0. The van der Waals surface area contributed by atoms with Crippen molar-refractivity contribution in [1.82, 2.24) is 0 Å². The van der Waals surface area contributed by atoms with Crippen molar-refractivity contribution in [3.05, 3.63) is 0 Å². The van der Waals surface area contributed by atoms with Crippen LogP contribution in [0, 0.1) is 0 Å². The van der Waals surface area contributed by atoms with E-state index >= 15 is 0 Å². The third-order valence-electron chi connectivity index (χ3n) is 0.514. The number of carbonyl (C=O) groups is 1. The molecule has 0 rings (SSSR count). The Morgan fingerprint density at radius 1 is 1.88 bits per heavy atom. The maximum absolute atomic E-state index is 9.76. The summed E-state index contributed by atoms with van der Waals surface area (Å²) < 4.78 is 0. The van der Waals surface area contributed by atoms with E-state index in [-0.39, 0.29) is 22.8 Å². The Labute approximate surface area is 63.5 Å². The molecule has 0 spiro atoms. The summed E-state index contributed by atoms with van der Waals surface area (Å²) in [6, 6.07) is -0.816. The molecule has 0 unspecified atom stereocenters. The molecule has 0 aromatic carbocycles. The number of nitrogens with two attached hydrogens (primary N) is 1. The fourth-order valence-electron chi connectivity index (χ4n) is 0.0781. The van der Waals surface area contributed by atoms with E-state index in [2.05, 4.69) is 12.6 Å². The van der Waals surface area contributed by atoms with E-state index in [0.717, 1.165) is 0 Å². The average Bonchev–Trinajstić information content (AvgIpc) is 1.65. The molecule has 0 aliphatic heterocycles. The minimum Gasteiger partial charge on any atom is -0.480 e. The Kier molecular flexibility index (Phi) is 7.57. The molecular formula is C3H7NO2SSe. The Hall–Kier alpha value is 0.299. The predicted octanol–water partition coefficient (Wildman–Crippen LogP) is -1.05. The molecule has 0 bridgehead atoms. The number of hydrogen-bond donors (Lipinski definition) is 3. The first-order chi connectivity index (χ1) is 3.18. The molecule has 0 amide bonds. The topological polar surface area (TPSA) is 63.3 Å². The summed E-state index contributed by atoms with van der Waals surface area (Å²) in [5.74, 6) is -0.815. The maximum Gasteiger partial charge on any atom is 0.321 e. The van der Waals surface area contributed by atoms with Gasteiger partial charge in [0.1, 0.15) is 6.04 Å². The molecule has 8 heavy (non-hydrogen) atoms. The van der Waals surface area contributed by atoms with Crippen LogP contribution in [0.15, 0.2) is 0 Å². The van der Waals surface area contributed by atoms with Gasteiger partial charge in [0, 0.05) is 22.8 Å². The first-order valence-corrected chi connectivity index (χ1v) is 2.41. The molecule has 0 saturated heterocycles. The molecule has 0 aromatic rings. The van der Waals surface area contributed by atoms with Gasteiger partial charge < -0.3 is 10.8 Å². The Morgan fingerprint density at radius 3 is 2.25 bits per heavy atom. The number of rotatable bonds is 2. The molecule has 3 nitrogen and oxygen atoms in total. The average molecular weight is 200 g/mol. The third kappa shape index (κ3) is 4.46. The van der Waals surface area contributed by atoms with E-state index in [9.17, 15) is 4.79 Å². The van der Waals surface area contributed by atoms with Gasteiger partial charge in [-0.1, -0.05) is 0 Å². The van der Waals surface area contributed by atoms with Crippen LogP contribution in [0.2, 0.25) is 0 Å². The second kappa shape index (κ2) is 5.44. The molecule has 5 heteroatoms. The van der Waals surface area contributed by atoms with E-state index in [1.54, 1.807) is 0 Å². The maximum atomic E-state index is 9.76. The van der Waals surface area contributed by atoms with E-state index in [1.165, 1.54) is 0 Å². The van der Waals surface area contributed by atoms with Crippen molar-refractivity contribution < 1.29 is 9.90 Å². The monoisotopic (exact) mass is 201 g/mol. The van der Waals surface area contributed by atoms with Crippen molar-refractivity contribution in [1.29, 1.82) is 0 Å². The van der Waals surface area contributed by atoms with Crippen LogP contribution in [0.5, 0.6) is 0 Å². The molecule has 3 N–H and O–H groups in total. The summed E-state index contributed by atoms with van der Waals surface area (Å²) in [6.45, 7) is 0. The summed E-state index contributed by atoms with van der Waals surface area (Å²) in [6.07, 6.45) is 0. The predicted molar refractivity (Wildman–Crippen MR) is 35.2 cm³/mol. The summed E-state index contributed by atoms with van der Waals surface area (Å²) in [5.41, 5.74) is 4.94. The molecule has 0 aliphatic rings. The van der Waals surface area contributed by atoms with Gasteiger partial charge in [-0.05, 0) is 0 Å². The quantitative estimate of drug-likeness (QED) is 0.393. The van der Waals surface area contributed by atoms with Gasteiger partial charge in [-0.3, -0.25) is 4.79 Å². The van der Waals surface area contributed by atoms with E-state index in [0.29, 0.717) is 0 Å². The molecule has 0 fully saturated rings. The van der Waals surface area contributed by atoms with Crippen molar-refractivity contribution in [2.24, 2.45) is 5.73 Å². The summed E-state index contributed by atoms with van der Waals surface area (Å²) in [5, 5.41) is 8.01. The zero-order valence-corrected chi connectivity index (χ0v) is 6.68. The number of carboxylic acid groups (broad SMARTS) is 1. The van der Waals surface area contributed by atoms with Crippen molar-refractivity contribution >= 4 is 35.7 Å². The van der Waals surface area contributed by atoms with Crippen LogP contribution in [0.1, 0.15) is 0 Å². The molecule has 48 valence electrons. The molecular weight excluding hydrogens is 193 g/mol. The van der Waals surface area contributed by atoms with Gasteiger partial charge in [0.25, 0.3) is 0 Å². The van der Waals surface area contributed by atoms with Gasteiger partial charge in [0.15, 0.2) is 0 Å². The van der Waals surface area contributed by atoms with Gasteiger partial charge in [-0.2, -0.15) is 12.6 Å². The smallest absolute Gasteiger partial charge is 0.321 e. The normalized spacial score (nSPS) is 11.8. The van der Waals surface area contributed by atoms with E-state index in [1.807, 2.05) is 0 Å². The van der Waals surface area contributed by atoms with Crippen molar-refractivity contribution in [3.63, 3.8) is 0 Å². The summed E-state index contributed by atoms with van der Waals surface area (Å²) in [7, 11) is 0. The Morgan fingerprint density at radius 2 is 2.25 bits per heavy atom. The Bertz CT molecular complexity index is 79.7. The first kappa shape index (κ1) is 11.1. The van der Waals surface area contributed by atoms with Crippen molar-refractivity contribution in [2.75, 3.05) is 5.75 Å². The SMILES string of the molecule is N[C@@H](CS)C(=O)O.[Se]. The van der Waals surface area contributed by atoms with Crippen molar-refractivity contribution in [2.45, 2.75) is 6.04 Å². The van der Waals surface area contributed by atoms with Crippen LogP contribution >= 0.6 is 12.6 Å². The number of thiol groups is 1. The van der Waals surface area contributed by atoms with Gasteiger partial charge in [-0.15, -0.1) is 0 Å². The fourth-order valence-corrected chi connectivity index (χ4v) is 0.234. The van der Waals surface area contributed by atoms with Crippen molar-refractivity contribution in [3.8, 4) is 0 Å². The largest absolute Gasteiger partial charge is 0.480 e. The molecule has 0 heterocycles. The van der Waals surface area contributed by atoms with Crippen LogP contribution in [0.3, 0.4) is 0 Å². The molecule has 0 aromatic heterocycles. The second-order valence-electron chi connectivity index (χ2n) is 1.13. The van der Waals surface area contributed by atoms with Gasteiger partial charge >= 0.3 is 5.97 Å². The summed E-state index contributed by atoms with van der Waals surface area (Å²) >= 11 is 3.65. The van der Waals surface area contributed by atoms with Gasteiger partial charge in [0.05, 0.1) is 0 Å². The summed E-state index contributed by atoms with van der Waals surface area (Å²) in [4.78, 5) is 9.76. The zero-order chi connectivity index (χ0) is 5.86. The molecule has 0 saturated carbocycles. The van der Waals surface area contributed by atoms with E-state index in [4.69, 9.17) is 10.8 Å². The van der Waals surface area contributed by atoms with Crippen LogP contribution in [-0.4, -0.2) is 39.9 Å². The van der Waals surface area contributed by atoms with Crippen LogP contribution in [-0.2, 0) is 4.79 Å². The van der Waals surface area contributed by atoms with E-state index < -0.39 is 12.0 Å². The van der Waals surface area contributed by atoms with Crippen LogP contribution in [0.4, 0.5) is 0 Å². The zero-order valence-electron chi connectivity index (χ0n) is 4.07. The number of aliphatic carboxylic acids is 1. The second-order valence-corrected chi connectivity index (χ2v) is 1.49. The first-order valence-electron chi connectivity index (χ1n) is 1.77. The minimum atomic E-state index is -1.00. The number of carboxylic acids is 1. The fraction of sp³-hybridized carbons (Fsp3) is 0.667.